The van der Waals surface area contributed by atoms with Gasteiger partial charge in [-0.3, -0.25) is 4.79 Å². The molecular weight excluding hydrogens is 334 g/mol. The molecule has 0 radical (unpaired) electrons. The summed E-state index contributed by atoms with van der Waals surface area (Å²) in [7, 11) is 0. The second kappa shape index (κ2) is 7.56. The third-order valence-corrected chi connectivity index (χ3v) is 5.42. The molecule has 1 amide bonds. The van der Waals surface area contributed by atoms with Gasteiger partial charge in [-0.05, 0) is 38.8 Å². The van der Waals surface area contributed by atoms with Gasteiger partial charge in [0.2, 0.25) is 5.82 Å². The third kappa shape index (κ3) is 3.86. The summed E-state index contributed by atoms with van der Waals surface area (Å²) >= 11 is 1.95. The number of carbonyl (C=O) groups is 1. The Morgan fingerprint density at radius 2 is 2.00 bits per heavy atom. The summed E-state index contributed by atoms with van der Waals surface area (Å²) in [6, 6.07) is 2.14. The van der Waals surface area contributed by atoms with Crippen LogP contribution in [-0.2, 0) is 0 Å². The molecule has 0 bridgehead atoms. The SMILES string of the molecule is CCC(C)NC(=O)c1nc(N2CCSCC2)c2c(C)cc(C)nc2n1. The van der Waals surface area contributed by atoms with Gasteiger partial charge in [0.05, 0.1) is 5.39 Å². The van der Waals surface area contributed by atoms with Gasteiger partial charge >= 0.3 is 0 Å². The van der Waals surface area contributed by atoms with Crippen molar-refractivity contribution in [2.24, 2.45) is 0 Å². The minimum absolute atomic E-state index is 0.0915. The largest absolute Gasteiger partial charge is 0.354 e. The second-order valence-electron chi connectivity index (χ2n) is 6.53. The van der Waals surface area contributed by atoms with Crippen molar-refractivity contribution < 1.29 is 4.79 Å². The molecule has 1 saturated heterocycles. The number of anilines is 1. The monoisotopic (exact) mass is 359 g/mol. The molecule has 1 fully saturated rings. The Morgan fingerprint density at radius 3 is 2.68 bits per heavy atom. The van der Waals surface area contributed by atoms with Crippen LogP contribution in [0.25, 0.3) is 11.0 Å². The molecular formula is C18H25N5OS. The van der Waals surface area contributed by atoms with Crippen molar-refractivity contribution in [3.05, 3.63) is 23.1 Å². The molecule has 6 nitrogen and oxygen atoms in total. The Hall–Kier alpha value is -1.89. The van der Waals surface area contributed by atoms with E-state index in [4.69, 9.17) is 0 Å². The van der Waals surface area contributed by atoms with Gasteiger partial charge in [0.1, 0.15) is 5.82 Å². The molecule has 0 spiro atoms. The highest BCUT2D eigenvalue weighted by atomic mass is 32.2. The number of carbonyl (C=O) groups excluding carboxylic acids is 1. The number of hydrogen-bond donors (Lipinski definition) is 1. The molecule has 3 heterocycles. The van der Waals surface area contributed by atoms with Crippen LogP contribution in [0.2, 0.25) is 0 Å². The number of nitrogens with zero attached hydrogens (tertiary/aromatic N) is 4. The fourth-order valence-corrected chi connectivity index (χ4v) is 3.85. The smallest absolute Gasteiger partial charge is 0.289 e. The summed E-state index contributed by atoms with van der Waals surface area (Å²) in [5.74, 6) is 2.95. The van der Waals surface area contributed by atoms with Crippen molar-refractivity contribution >= 4 is 34.5 Å². The number of nitrogens with one attached hydrogen (secondary N) is 1. The van der Waals surface area contributed by atoms with E-state index >= 15 is 0 Å². The fraction of sp³-hybridized carbons (Fsp3) is 0.556. The maximum Gasteiger partial charge on any atom is 0.289 e. The average molecular weight is 359 g/mol. The van der Waals surface area contributed by atoms with E-state index in [1.165, 1.54) is 0 Å². The minimum Gasteiger partial charge on any atom is -0.354 e. The first-order valence-electron chi connectivity index (χ1n) is 8.79. The fourth-order valence-electron chi connectivity index (χ4n) is 2.95. The van der Waals surface area contributed by atoms with Crippen LogP contribution in [0.15, 0.2) is 6.07 Å². The standard InChI is InChI=1S/C18H25N5OS/c1-5-12(3)20-18(24)16-21-15-14(11(2)10-13(4)19-15)17(22-16)23-6-8-25-9-7-23/h10,12H,5-9H2,1-4H3,(H,20,24). The highest BCUT2D eigenvalue weighted by Gasteiger charge is 2.22. The maximum atomic E-state index is 12.6. The lowest BCUT2D eigenvalue weighted by atomic mass is 10.1. The van der Waals surface area contributed by atoms with Crippen LogP contribution in [0.3, 0.4) is 0 Å². The summed E-state index contributed by atoms with van der Waals surface area (Å²) in [5, 5.41) is 3.91. The van der Waals surface area contributed by atoms with Gasteiger partial charge < -0.3 is 10.2 Å². The van der Waals surface area contributed by atoms with E-state index in [1.807, 2.05) is 38.6 Å². The van der Waals surface area contributed by atoms with Crippen LogP contribution in [0, 0.1) is 13.8 Å². The summed E-state index contributed by atoms with van der Waals surface area (Å²) in [5.41, 5.74) is 2.61. The Labute approximate surface area is 152 Å². The maximum absolute atomic E-state index is 12.6. The zero-order valence-corrected chi connectivity index (χ0v) is 16.1. The minimum atomic E-state index is -0.232. The van der Waals surface area contributed by atoms with E-state index in [0.29, 0.717) is 5.65 Å². The molecule has 3 rings (SSSR count). The van der Waals surface area contributed by atoms with Crippen molar-refractivity contribution in [1.29, 1.82) is 0 Å². The Kier molecular flexibility index (Phi) is 5.42. The second-order valence-corrected chi connectivity index (χ2v) is 7.76. The zero-order valence-electron chi connectivity index (χ0n) is 15.3. The lowest BCUT2D eigenvalue weighted by Crippen LogP contribution is -2.36. The van der Waals surface area contributed by atoms with E-state index < -0.39 is 0 Å². The van der Waals surface area contributed by atoms with Gasteiger partial charge in [-0.15, -0.1) is 0 Å². The number of amides is 1. The summed E-state index contributed by atoms with van der Waals surface area (Å²) in [4.78, 5) is 28.5. The van der Waals surface area contributed by atoms with Crippen LogP contribution in [0.5, 0.6) is 0 Å². The van der Waals surface area contributed by atoms with Gasteiger partial charge in [0.15, 0.2) is 5.65 Å². The van der Waals surface area contributed by atoms with E-state index in [0.717, 1.165) is 53.5 Å². The molecule has 134 valence electrons. The highest BCUT2D eigenvalue weighted by molar-refractivity contribution is 7.99. The molecule has 25 heavy (non-hydrogen) atoms. The number of hydrogen-bond acceptors (Lipinski definition) is 6. The van der Waals surface area contributed by atoms with Crippen molar-refractivity contribution in [2.45, 2.75) is 40.2 Å². The van der Waals surface area contributed by atoms with Gasteiger partial charge in [-0.25, -0.2) is 15.0 Å². The Balaban J connectivity index is 2.11. The van der Waals surface area contributed by atoms with Crippen molar-refractivity contribution in [2.75, 3.05) is 29.5 Å². The molecule has 1 unspecified atom stereocenters. The van der Waals surface area contributed by atoms with Crippen LogP contribution < -0.4 is 10.2 Å². The number of aryl methyl sites for hydroxylation is 2. The quantitative estimate of drug-likeness (QED) is 0.905. The van der Waals surface area contributed by atoms with E-state index in [2.05, 4.69) is 32.1 Å². The predicted molar refractivity (Wildman–Crippen MR) is 104 cm³/mol. The molecule has 0 saturated carbocycles. The molecule has 1 atom stereocenters. The van der Waals surface area contributed by atoms with Crippen molar-refractivity contribution in [1.82, 2.24) is 20.3 Å². The lowest BCUT2D eigenvalue weighted by Gasteiger charge is -2.29. The zero-order chi connectivity index (χ0) is 18.0. The first-order chi connectivity index (χ1) is 12.0. The number of pyridine rings is 1. The molecule has 1 N–H and O–H groups in total. The number of thioether (sulfide) groups is 1. The van der Waals surface area contributed by atoms with Crippen LogP contribution in [-0.4, -0.2) is 51.5 Å². The topological polar surface area (TPSA) is 71.0 Å². The number of aromatic nitrogens is 3. The van der Waals surface area contributed by atoms with Crippen LogP contribution in [0.1, 0.15) is 42.1 Å². The van der Waals surface area contributed by atoms with Gasteiger partial charge in [0.25, 0.3) is 5.91 Å². The molecule has 2 aromatic rings. The molecule has 2 aromatic heterocycles. The molecule has 1 aliphatic rings. The summed E-state index contributed by atoms with van der Waals surface area (Å²) in [6.07, 6.45) is 0.867. The van der Waals surface area contributed by atoms with Gasteiger partial charge in [0, 0.05) is 36.3 Å². The molecule has 1 aliphatic heterocycles. The van der Waals surface area contributed by atoms with Crippen LogP contribution in [0.4, 0.5) is 5.82 Å². The van der Waals surface area contributed by atoms with E-state index in [1.54, 1.807) is 0 Å². The summed E-state index contributed by atoms with van der Waals surface area (Å²) < 4.78 is 0. The average Bonchev–Trinajstić information content (AvgIpc) is 2.60. The van der Waals surface area contributed by atoms with Gasteiger partial charge in [-0.1, -0.05) is 6.92 Å². The number of fused-ring (bicyclic) bond motifs is 1. The van der Waals surface area contributed by atoms with Crippen molar-refractivity contribution in [3.8, 4) is 0 Å². The predicted octanol–water partition coefficient (Wildman–Crippen LogP) is 2.72. The summed E-state index contributed by atoms with van der Waals surface area (Å²) in [6.45, 7) is 9.88. The van der Waals surface area contributed by atoms with Crippen molar-refractivity contribution in [3.63, 3.8) is 0 Å². The Morgan fingerprint density at radius 1 is 1.28 bits per heavy atom. The first-order valence-corrected chi connectivity index (χ1v) is 9.94. The van der Waals surface area contributed by atoms with Gasteiger partial charge in [-0.2, -0.15) is 11.8 Å². The molecule has 0 aliphatic carbocycles. The van der Waals surface area contributed by atoms with E-state index in [-0.39, 0.29) is 17.8 Å². The van der Waals surface area contributed by atoms with E-state index in [9.17, 15) is 4.79 Å². The number of rotatable bonds is 4. The molecule has 7 heteroatoms. The first kappa shape index (κ1) is 17.9. The third-order valence-electron chi connectivity index (χ3n) is 4.48. The van der Waals surface area contributed by atoms with Crippen LogP contribution >= 0.6 is 11.8 Å². The lowest BCUT2D eigenvalue weighted by molar-refractivity contribution is 0.0929. The molecule has 0 aromatic carbocycles. The highest BCUT2D eigenvalue weighted by Crippen LogP contribution is 2.28. The normalized spacial score (nSPS) is 16.1. The Bertz CT molecular complexity index is 789.